The molecule has 0 radical (unpaired) electrons. The highest BCUT2D eigenvalue weighted by atomic mass is 15.1. The summed E-state index contributed by atoms with van der Waals surface area (Å²) < 4.78 is 2.03. The Kier molecular flexibility index (Phi) is 3.28. The predicted octanol–water partition coefficient (Wildman–Crippen LogP) is 2.03. The molecule has 0 aliphatic carbocycles. The molecule has 0 amide bonds. The molecule has 0 saturated heterocycles. The van der Waals surface area contributed by atoms with E-state index in [4.69, 9.17) is 0 Å². The summed E-state index contributed by atoms with van der Waals surface area (Å²) in [4.78, 5) is 4.43. The average Bonchev–Trinajstić information content (AvgIpc) is 3.00. The van der Waals surface area contributed by atoms with E-state index in [0.717, 1.165) is 35.4 Å². The quantitative estimate of drug-likeness (QED) is 0.762. The van der Waals surface area contributed by atoms with Gasteiger partial charge in [0.05, 0.1) is 23.1 Å². The maximum Gasteiger partial charge on any atom is 0.0955 e. The number of imidazole rings is 1. The van der Waals surface area contributed by atoms with E-state index in [9.17, 15) is 0 Å². The van der Waals surface area contributed by atoms with Gasteiger partial charge in [-0.3, -0.25) is 5.10 Å². The molecule has 20 heavy (non-hydrogen) atoms. The average molecular weight is 269 g/mol. The van der Waals surface area contributed by atoms with E-state index in [-0.39, 0.29) is 0 Å². The Labute approximate surface area is 118 Å². The molecule has 2 N–H and O–H groups in total. The molecule has 0 saturated carbocycles. The van der Waals surface area contributed by atoms with Gasteiger partial charge in [-0.1, -0.05) is 6.07 Å². The molecule has 5 heteroatoms. The first kappa shape index (κ1) is 12.9. The summed E-state index contributed by atoms with van der Waals surface area (Å²) >= 11 is 0. The van der Waals surface area contributed by atoms with E-state index < -0.39 is 0 Å². The molecule has 0 bridgehead atoms. The number of fused-ring (bicyclic) bond motifs is 1. The molecule has 0 aliphatic rings. The van der Waals surface area contributed by atoms with Crippen molar-refractivity contribution in [1.82, 2.24) is 25.1 Å². The summed E-state index contributed by atoms with van der Waals surface area (Å²) in [5.74, 6) is 0. The molecular weight excluding hydrogens is 250 g/mol. The molecule has 2 heterocycles. The highest BCUT2D eigenvalue weighted by Gasteiger charge is 2.13. The zero-order chi connectivity index (χ0) is 14.1. The van der Waals surface area contributed by atoms with Crippen LogP contribution in [0.15, 0.2) is 24.5 Å². The molecule has 0 atom stereocenters. The third-order valence-electron chi connectivity index (χ3n) is 3.65. The molecule has 5 nitrogen and oxygen atoms in total. The van der Waals surface area contributed by atoms with Crippen LogP contribution in [0.25, 0.3) is 22.2 Å². The van der Waals surface area contributed by atoms with Crippen LogP contribution in [0.2, 0.25) is 0 Å². The Balaban J connectivity index is 2.07. The zero-order valence-corrected chi connectivity index (χ0v) is 12.1. The highest BCUT2D eigenvalue weighted by molar-refractivity contribution is 5.83. The molecule has 0 aliphatic heterocycles. The van der Waals surface area contributed by atoms with Gasteiger partial charge in [-0.2, -0.15) is 5.10 Å². The number of hydrogen-bond acceptors (Lipinski definition) is 3. The van der Waals surface area contributed by atoms with Crippen LogP contribution in [-0.4, -0.2) is 33.3 Å². The lowest BCUT2D eigenvalue weighted by Crippen LogP contribution is -2.11. The van der Waals surface area contributed by atoms with Gasteiger partial charge in [0.1, 0.15) is 0 Å². The maximum absolute atomic E-state index is 4.43. The first-order valence-electron chi connectivity index (χ1n) is 6.80. The van der Waals surface area contributed by atoms with Gasteiger partial charge in [-0.05, 0) is 31.7 Å². The van der Waals surface area contributed by atoms with E-state index in [1.165, 1.54) is 11.1 Å². The molecule has 1 aromatic carbocycles. The lowest BCUT2D eigenvalue weighted by molar-refractivity contribution is 0.773. The van der Waals surface area contributed by atoms with E-state index in [2.05, 4.69) is 45.6 Å². The van der Waals surface area contributed by atoms with Crippen molar-refractivity contribution < 1.29 is 0 Å². The fourth-order valence-electron chi connectivity index (χ4n) is 2.58. The van der Waals surface area contributed by atoms with E-state index in [1.807, 2.05) is 25.0 Å². The second-order valence-electron chi connectivity index (χ2n) is 5.08. The number of benzene rings is 1. The smallest absolute Gasteiger partial charge is 0.0955 e. The van der Waals surface area contributed by atoms with Crippen molar-refractivity contribution in [2.24, 2.45) is 7.05 Å². The van der Waals surface area contributed by atoms with Crippen molar-refractivity contribution in [2.45, 2.75) is 13.3 Å². The first-order valence-corrected chi connectivity index (χ1v) is 6.80. The summed E-state index contributed by atoms with van der Waals surface area (Å²) in [5, 5.41) is 10.7. The Morgan fingerprint density at radius 2 is 2.20 bits per heavy atom. The van der Waals surface area contributed by atoms with Crippen LogP contribution in [0.1, 0.15) is 11.4 Å². The summed E-state index contributed by atoms with van der Waals surface area (Å²) in [6, 6.07) is 6.40. The van der Waals surface area contributed by atoms with Crippen molar-refractivity contribution in [1.29, 1.82) is 0 Å². The van der Waals surface area contributed by atoms with E-state index >= 15 is 0 Å². The van der Waals surface area contributed by atoms with Gasteiger partial charge >= 0.3 is 0 Å². The lowest BCUT2D eigenvalue weighted by atomic mass is 10.0. The Morgan fingerprint density at radius 1 is 1.35 bits per heavy atom. The molecule has 104 valence electrons. The number of aromatic nitrogens is 4. The summed E-state index contributed by atoms with van der Waals surface area (Å²) in [6.45, 7) is 2.98. The predicted molar refractivity (Wildman–Crippen MR) is 80.7 cm³/mol. The second kappa shape index (κ2) is 5.09. The lowest BCUT2D eigenvalue weighted by Gasteiger charge is -2.05. The third kappa shape index (κ3) is 2.10. The number of aryl methyl sites for hydroxylation is 2. The number of rotatable bonds is 4. The SMILES string of the molecule is CNCCc1n[nH]c(C)c1-c1ccc2c(c1)ncn2C. The van der Waals surface area contributed by atoms with Crippen molar-refractivity contribution in [3.8, 4) is 11.1 Å². The minimum atomic E-state index is 0.913. The van der Waals surface area contributed by atoms with E-state index in [1.54, 1.807) is 0 Å². The monoisotopic (exact) mass is 269 g/mol. The highest BCUT2D eigenvalue weighted by Crippen LogP contribution is 2.28. The molecule has 3 aromatic rings. The Hall–Kier alpha value is -2.14. The first-order chi connectivity index (χ1) is 9.70. The molecular formula is C15H19N5. The van der Waals surface area contributed by atoms with Crippen molar-refractivity contribution in [3.63, 3.8) is 0 Å². The fraction of sp³-hybridized carbons (Fsp3) is 0.333. The largest absolute Gasteiger partial charge is 0.334 e. The summed E-state index contributed by atoms with van der Waals surface area (Å²) in [5.41, 5.74) is 6.75. The van der Waals surface area contributed by atoms with Gasteiger partial charge in [0, 0.05) is 31.3 Å². The fourth-order valence-corrected chi connectivity index (χ4v) is 2.58. The standard InChI is InChI=1S/C15H19N5/c1-10-15(12(19-18-10)6-7-16-2)11-4-5-14-13(8-11)17-9-20(14)3/h4-5,8-9,16H,6-7H2,1-3H3,(H,18,19). The Bertz CT molecular complexity index is 738. The van der Waals surface area contributed by atoms with Crippen LogP contribution in [0.5, 0.6) is 0 Å². The third-order valence-corrected chi connectivity index (χ3v) is 3.65. The van der Waals surface area contributed by atoms with Crippen LogP contribution >= 0.6 is 0 Å². The van der Waals surface area contributed by atoms with Gasteiger partial charge in [-0.25, -0.2) is 4.98 Å². The van der Waals surface area contributed by atoms with Crippen molar-refractivity contribution >= 4 is 11.0 Å². The normalized spacial score (nSPS) is 11.3. The molecule has 0 spiro atoms. The van der Waals surface area contributed by atoms with Crippen LogP contribution in [-0.2, 0) is 13.5 Å². The number of nitrogens with zero attached hydrogens (tertiary/aromatic N) is 3. The number of likely N-dealkylation sites (N-methyl/N-ethyl adjacent to an activating group) is 1. The van der Waals surface area contributed by atoms with Gasteiger partial charge in [0.2, 0.25) is 0 Å². The summed E-state index contributed by atoms with van der Waals surface area (Å²) in [6.07, 6.45) is 2.76. The van der Waals surface area contributed by atoms with E-state index in [0.29, 0.717) is 0 Å². The van der Waals surface area contributed by atoms with Crippen LogP contribution in [0.3, 0.4) is 0 Å². The number of nitrogens with one attached hydrogen (secondary N) is 2. The van der Waals surface area contributed by atoms with Crippen LogP contribution < -0.4 is 5.32 Å². The van der Waals surface area contributed by atoms with Gasteiger partial charge in [0.15, 0.2) is 0 Å². The number of H-pyrrole nitrogens is 1. The van der Waals surface area contributed by atoms with Gasteiger partial charge in [0.25, 0.3) is 0 Å². The molecule has 0 fully saturated rings. The topological polar surface area (TPSA) is 58.5 Å². The van der Waals surface area contributed by atoms with Gasteiger partial charge < -0.3 is 9.88 Å². The minimum absolute atomic E-state index is 0.913. The van der Waals surface area contributed by atoms with Gasteiger partial charge in [-0.15, -0.1) is 0 Å². The summed E-state index contributed by atoms with van der Waals surface area (Å²) in [7, 11) is 3.97. The molecule has 3 rings (SSSR count). The maximum atomic E-state index is 4.43. The number of hydrogen-bond donors (Lipinski definition) is 2. The van der Waals surface area contributed by atoms with Crippen LogP contribution in [0.4, 0.5) is 0 Å². The number of aromatic amines is 1. The molecule has 2 aromatic heterocycles. The minimum Gasteiger partial charge on any atom is -0.334 e. The van der Waals surface area contributed by atoms with Crippen molar-refractivity contribution in [3.05, 3.63) is 35.9 Å². The van der Waals surface area contributed by atoms with Crippen LogP contribution in [0, 0.1) is 6.92 Å². The van der Waals surface area contributed by atoms with Crippen molar-refractivity contribution in [2.75, 3.05) is 13.6 Å². The second-order valence-corrected chi connectivity index (χ2v) is 5.08. The molecule has 0 unspecified atom stereocenters. The Morgan fingerprint density at radius 3 is 3.00 bits per heavy atom. The zero-order valence-electron chi connectivity index (χ0n) is 12.1.